The Balaban J connectivity index is 2.28. The summed E-state index contributed by atoms with van der Waals surface area (Å²) in [6.07, 6.45) is 1.21. The van der Waals surface area contributed by atoms with E-state index in [2.05, 4.69) is 25.9 Å². The van der Waals surface area contributed by atoms with Crippen molar-refractivity contribution in [2.45, 2.75) is 18.7 Å². The lowest BCUT2D eigenvalue weighted by molar-refractivity contribution is 0.373. The van der Waals surface area contributed by atoms with Gasteiger partial charge in [0.15, 0.2) is 11.5 Å². The number of aryl methyl sites for hydroxylation is 2. The second kappa shape index (κ2) is 7.23. The summed E-state index contributed by atoms with van der Waals surface area (Å²) in [6.45, 7) is 3.52. The van der Waals surface area contributed by atoms with Crippen LogP contribution in [-0.2, 0) is 10.0 Å². The van der Waals surface area contributed by atoms with Gasteiger partial charge in [0.25, 0.3) is 10.0 Å². The summed E-state index contributed by atoms with van der Waals surface area (Å²) in [5, 5.41) is 13.8. The number of phenolic OH excluding ortho intramolecular Hbond substituents is 1. The van der Waals surface area contributed by atoms with E-state index in [0.717, 1.165) is 5.56 Å². The van der Waals surface area contributed by atoms with Crippen LogP contribution in [0.15, 0.2) is 44.8 Å². The molecule has 0 aliphatic rings. The molecule has 2 rings (SSSR count). The third-order valence-corrected chi connectivity index (χ3v) is 5.12. The number of aromatic hydroxyl groups is 1. The van der Waals surface area contributed by atoms with E-state index in [-0.39, 0.29) is 16.4 Å². The molecule has 0 unspecified atom stereocenters. The first-order valence-corrected chi connectivity index (χ1v) is 9.21. The number of halogens is 1. The summed E-state index contributed by atoms with van der Waals surface area (Å²) in [5.74, 6) is 0.124. The van der Waals surface area contributed by atoms with Gasteiger partial charge in [-0.3, -0.25) is 0 Å². The van der Waals surface area contributed by atoms with Gasteiger partial charge in [0.2, 0.25) is 0 Å². The number of methoxy groups -OCH3 is 1. The molecular weight excluding hydrogens is 396 g/mol. The van der Waals surface area contributed by atoms with Crippen molar-refractivity contribution >= 4 is 32.2 Å². The second-order valence-corrected chi connectivity index (χ2v) is 7.71. The average Bonchev–Trinajstić information content (AvgIpc) is 2.52. The molecule has 8 heteroatoms. The molecule has 0 atom stereocenters. The Morgan fingerprint density at radius 2 is 1.96 bits per heavy atom. The van der Waals surface area contributed by atoms with E-state index >= 15 is 0 Å². The Bertz CT molecular complexity index is 895. The number of nitrogens with zero attached hydrogens (tertiary/aromatic N) is 1. The maximum Gasteiger partial charge on any atom is 0.276 e. The van der Waals surface area contributed by atoms with Crippen molar-refractivity contribution in [2.24, 2.45) is 5.10 Å². The molecular formula is C16H17BrN2O4S. The number of hydrogen-bond donors (Lipinski definition) is 2. The fourth-order valence-electron chi connectivity index (χ4n) is 2.06. The third kappa shape index (κ3) is 4.07. The molecule has 24 heavy (non-hydrogen) atoms. The van der Waals surface area contributed by atoms with Gasteiger partial charge in [-0.05, 0) is 43.2 Å². The standard InChI is InChI=1S/C16H17BrN2O4S/c1-10-4-5-11(2)15(6-10)24(21,22)19-18-9-12-7-13(17)8-14(23-3)16(12)20/h4-9,19-20H,1-3H3/b18-9+. The van der Waals surface area contributed by atoms with Crippen LogP contribution in [0.2, 0.25) is 0 Å². The van der Waals surface area contributed by atoms with Crippen LogP contribution in [0.3, 0.4) is 0 Å². The van der Waals surface area contributed by atoms with E-state index in [4.69, 9.17) is 4.74 Å². The number of hydrogen-bond acceptors (Lipinski definition) is 5. The zero-order valence-electron chi connectivity index (χ0n) is 13.4. The van der Waals surface area contributed by atoms with E-state index in [9.17, 15) is 13.5 Å². The summed E-state index contributed by atoms with van der Waals surface area (Å²) >= 11 is 3.28. The van der Waals surface area contributed by atoms with Crippen LogP contribution >= 0.6 is 15.9 Å². The number of phenols is 1. The van der Waals surface area contributed by atoms with Gasteiger partial charge < -0.3 is 9.84 Å². The molecule has 2 N–H and O–H groups in total. The fourth-order valence-corrected chi connectivity index (χ4v) is 3.64. The molecule has 0 fully saturated rings. The Labute approximate surface area is 149 Å². The Morgan fingerprint density at radius 1 is 1.25 bits per heavy atom. The monoisotopic (exact) mass is 412 g/mol. The number of rotatable bonds is 5. The number of nitrogens with one attached hydrogen (secondary N) is 1. The number of sulfonamides is 1. The topological polar surface area (TPSA) is 88.0 Å². The van der Waals surface area contributed by atoms with Crippen molar-refractivity contribution in [3.63, 3.8) is 0 Å². The minimum absolute atomic E-state index is 0.129. The van der Waals surface area contributed by atoms with Crippen molar-refractivity contribution in [3.05, 3.63) is 51.5 Å². The summed E-state index contributed by atoms with van der Waals surface area (Å²) < 4.78 is 30.4. The Morgan fingerprint density at radius 3 is 2.62 bits per heavy atom. The van der Waals surface area contributed by atoms with Crippen molar-refractivity contribution in [2.75, 3.05) is 7.11 Å². The molecule has 0 heterocycles. The number of hydrazone groups is 1. The third-order valence-electron chi connectivity index (χ3n) is 3.30. The van der Waals surface area contributed by atoms with Gasteiger partial charge in [-0.25, -0.2) is 4.83 Å². The highest BCUT2D eigenvalue weighted by Crippen LogP contribution is 2.32. The Kier molecular flexibility index (Phi) is 5.51. The minimum Gasteiger partial charge on any atom is -0.504 e. The molecule has 0 aromatic heterocycles. The Hall–Kier alpha value is -2.06. The molecule has 0 spiro atoms. The van der Waals surface area contributed by atoms with Crippen molar-refractivity contribution in [1.82, 2.24) is 4.83 Å². The summed E-state index contributed by atoms with van der Waals surface area (Å²) in [7, 11) is -2.37. The molecule has 0 saturated heterocycles. The molecule has 6 nitrogen and oxygen atoms in total. The minimum atomic E-state index is -3.79. The van der Waals surface area contributed by atoms with Crippen LogP contribution in [-0.4, -0.2) is 26.8 Å². The highest BCUT2D eigenvalue weighted by Gasteiger charge is 2.16. The summed E-state index contributed by atoms with van der Waals surface area (Å²) in [6, 6.07) is 8.33. The first-order chi connectivity index (χ1) is 11.2. The van der Waals surface area contributed by atoms with Gasteiger partial charge in [0.1, 0.15) is 0 Å². The van der Waals surface area contributed by atoms with Crippen LogP contribution in [0.4, 0.5) is 0 Å². The number of benzene rings is 2. The highest BCUT2D eigenvalue weighted by molar-refractivity contribution is 9.10. The molecule has 2 aromatic rings. The zero-order valence-corrected chi connectivity index (χ0v) is 15.8. The normalized spacial score (nSPS) is 11.7. The first kappa shape index (κ1) is 18.3. The van der Waals surface area contributed by atoms with Crippen LogP contribution in [0.25, 0.3) is 0 Å². The molecule has 0 aliphatic heterocycles. The molecule has 128 valence electrons. The van der Waals surface area contributed by atoms with Gasteiger partial charge in [-0.15, -0.1) is 0 Å². The predicted octanol–water partition coefficient (Wildman–Crippen LogP) is 3.09. The van der Waals surface area contributed by atoms with E-state index in [1.807, 2.05) is 13.0 Å². The van der Waals surface area contributed by atoms with Crippen molar-refractivity contribution in [3.8, 4) is 11.5 Å². The van der Waals surface area contributed by atoms with E-state index in [1.165, 1.54) is 13.3 Å². The average molecular weight is 413 g/mol. The van der Waals surface area contributed by atoms with Crippen LogP contribution in [0.1, 0.15) is 16.7 Å². The maximum atomic E-state index is 12.3. The van der Waals surface area contributed by atoms with Crippen molar-refractivity contribution < 1.29 is 18.3 Å². The SMILES string of the molecule is COc1cc(Br)cc(/C=N/NS(=O)(=O)c2cc(C)ccc2C)c1O. The van der Waals surface area contributed by atoms with Crippen molar-refractivity contribution in [1.29, 1.82) is 0 Å². The molecule has 0 radical (unpaired) electrons. The predicted molar refractivity (Wildman–Crippen MR) is 96.2 cm³/mol. The second-order valence-electron chi connectivity index (χ2n) is 5.17. The van der Waals surface area contributed by atoms with Crippen LogP contribution in [0.5, 0.6) is 11.5 Å². The smallest absolute Gasteiger partial charge is 0.276 e. The van der Waals surface area contributed by atoms with Gasteiger partial charge in [0, 0.05) is 10.0 Å². The lowest BCUT2D eigenvalue weighted by Crippen LogP contribution is -2.19. The van der Waals surface area contributed by atoms with Gasteiger partial charge in [-0.1, -0.05) is 28.1 Å². The number of ether oxygens (including phenoxy) is 1. The van der Waals surface area contributed by atoms with Gasteiger partial charge in [0.05, 0.1) is 18.2 Å². The lowest BCUT2D eigenvalue weighted by atomic mass is 10.2. The van der Waals surface area contributed by atoms with E-state index in [0.29, 0.717) is 15.6 Å². The van der Waals surface area contributed by atoms with E-state index < -0.39 is 10.0 Å². The highest BCUT2D eigenvalue weighted by atomic mass is 79.9. The fraction of sp³-hybridized carbons (Fsp3) is 0.188. The zero-order chi connectivity index (χ0) is 17.9. The molecule has 0 amide bonds. The molecule has 0 bridgehead atoms. The summed E-state index contributed by atoms with van der Waals surface area (Å²) in [5.41, 5.74) is 1.76. The molecule has 0 saturated carbocycles. The summed E-state index contributed by atoms with van der Waals surface area (Å²) in [4.78, 5) is 2.31. The van der Waals surface area contributed by atoms with Gasteiger partial charge >= 0.3 is 0 Å². The van der Waals surface area contributed by atoms with E-state index in [1.54, 1.807) is 31.2 Å². The van der Waals surface area contributed by atoms with Crippen LogP contribution in [0, 0.1) is 13.8 Å². The molecule has 0 aliphatic carbocycles. The first-order valence-electron chi connectivity index (χ1n) is 6.93. The largest absolute Gasteiger partial charge is 0.504 e. The maximum absolute atomic E-state index is 12.3. The van der Waals surface area contributed by atoms with Gasteiger partial charge in [-0.2, -0.15) is 13.5 Å². The quantitative estimate of drug-likeness (QED) is 0.583. The van der Waals surface area contributed by atoms with Crippen LogP contribution < -0.4 is 9.57 Å². The molecule has 2 aromatic carbocycles. The lowest BCUT2D eigenvalue weighted by Gasteiger charge is -2.09.